The lowest BCUT2D eigenvalue weighted by atomic mass is 10.1. The van der Waals surface area contributed by atoms with Crippen molar-refractivity contribution >= 4 is 12.4 Å². The number of H-pyrrole nitrogens is 2. The van der Waals surface area contributed by atoms with Gasteiger partial charge in [0.05, 0.1) is 11.4 Å². The third kappa shape index (κ3) is 9.70. The second kappa shape index (κ2) is 13.2. The van der Waals surface area contributed by atoms with Gasteiger partial charge in [0.25, 0.3) is 0 Å². The highest BCUT2D eigenvalue weighted by Gasteiger charge is 1.93. The predicted octanol–water partition coefficient (Wildman–Crippen LogP) is 5.39. The van der Waals surface area contributed by atoms with E-state index in [1.54, 1.807) is 0 Å². The van der Waals surface area contributed by atoms with E-state index in [2.05, 4.69) is 20.0 Å². The van der Waals surface area contributed by atoms with Gasteiger partial charge in [-0.25, -0.2) is 0 Å². The van der Waals surface area contributed by atoms with E-state index in [1.165, 1.54) is 57.8 Å². The zero-order valence-electron chi connectivity index (χ0n) is 15.3. The first kappa shape index (κ1) is 19.2. The zero-order valence-corrected chi connectivity index (χ0v) is 15.3. The molecule has 0 fully saturated rings. The summed E-state index contributed by atoms with van der Waals surface area (Å²) in [7, 11) is 0. The number of hydrogen-bond donors (Lipinski definition) is 2. The van der Waals surface area contributed by atoms with Gasteiger partial charge in [0.2, 0.25) is 0 Å². The summed E-state index contributed by atoms with van der Waals surface area (Å²) in [5.41, 5.74) is 2.19. The summed E-state index contributed by atoms with van der Waals surface area (Å²) in [5.74, 6) is 0. The number of unbranched alkanes of at least 4 members (excludes halogenated alkanes) is 8. The summed E-state index contributed by atoms with van der Waals surface area (Å²) < 4.78 is 0. The van der Waals surface area contributed by atoms with E-state index in [-0.39, 0.29) is 0 Å². The van der Waals surface area contributed by atoms with Gasteiger partial charge in [-0.05, 0) is 37.1 Å². The van der Waals surface area contributed by atoms with Gasteiger partial charge in [0.15, 0.2) is 0 Å². The molecule has 2 aromatic heterocycles. The van der Waals surface area contributed by atoms with Crippen LogP contribution in [0.5, 0.6) is 0 Å². The minimum atomic E-state index is 0.946. The molecule has 2 aromatic rings. The van der Waals surface area contributed by atoms with Crippen LogP contribution in [-0.4, -0.2) is 35.5 Å². The van der Waals surface area contributed by atoms with Gasteiger partial charge >= 0.3 is 0 Å². The van der Waals surface area contributed by atoms with Crippen molar-refractivity contribution in [3.8, 4) is 0 Å². The normalized spacial score (nSPS) is 11.8. The van der Waals surface area contributed by atoms with Crippen LogP contribution in [0.2, 0.25) is 0 Å². The molecule has 0 aromatic carbocycles. The number of nitrogens with zero attached hydrogens (tertiary/aromatic N) is 2. The smallest absolute Gasteiger partial charge is 0.0561 e. The molecule has 0 spiro atoms. The Labute approximate surface area is 151 Å². The van der Waals surface area contributed by atoms with Crippen LogP contribution >= 0.6 is 0 Å². The van der Waals surface area contributed by atoms with E-state index < -0.39 is 0 Å². The molecule has 0 aliphatic carbocycles. The molecule has 0 amide bonds. The maximum absolute atomic E-state index is 4.44. The molecule has 0 radical (unpaired) electrons. The molecule has 2 N–H and O–H groups in total. The Morgan fingerprint density at radius 1 is 0.600 bits per heavy atom. The van der Waals surface area contributed by atoms with E-state index in [0.717, 1.165) is 24.5 Å². The standard InChI is InChI=1S/C21H32N4/c1(2-4-6-8-14-22-18-20-12-10-16-24-20)3-5-7-9-15-23-19-21-13-11-17-25-21/h10-13,16-19,24-25H,1-9,14-15H2. The van der Waals surface area contributed by atoms with Gasteiger partial charge < -0.3 is 9.97 Å². The van der Waals surface area contributed by atoms with Crippen LogP contribution in [0.3, 0.4) is 0 Å². The summed E-state index contributed by atoms with van der Waals surface area (Å²) in [6, 6.07) is 8.07. The molecule has 0 saturated carbocycles. The third-order valence-corrected chi connectivity index (χ3v) is 4.28. The van der Waals surface area contributed by atoms with Crippen molar-refractivity contribution in [2.45, 2.75) is 57.8 Å². The predicted molar refractivity (Wildman–Crippen MR) is 108 cm³/mol. The first-order valence-electron chi connectivity index (χ1n) is 9.71. The maximum Gasteiger partial charge on any atom is 0.0561 e. The maximum atomic E-state index is 4.44. The number of aliphatic imine (C=N–C) groups is 2. The lowest BCUT2D eigenvalue weighted by Crippen LogP contribution is -1.87. The van der Waals surface area contributed by atoms with Crippen molar-refractivity contribution in [3.63, 3.8) is 0 Å². The number of aromatic nitrogens is 2. The Bertz CT molecular complexity index is 515. The summed E-state index contributed by atoms with van der Waals surface area (Å²) in [4.78, 5) is 15.1. The Balaban J connectivity index is 1.30. The van der Waals surface area contributed by atoms with E-state index in [4.69, 9.17) is 0 Å². The highest BCUT2D eigenvalue weighted by molar-refractivity contribution is 5.77. The Morgan fingerprint density at radius 2 is 1.00 bits per heavy atom. The average molecular weight is 341 g/mol. The number of aromatic amines is 2. The molecule has 0 unspecified atom stereocenters. The highest BCUT2D eigenvalue weighted by Crippen LogP contribution is 2.10. The van der Waals surface area contributed by atoms with Crippen LogP contribution in [-0.2, 0) is 0 Å². The van der Waals surface area contributed by atoms with Crippen LogP contribution in [0, 0.1) is 0 Å². The van der Waals surface area contributed by atoms with Crippen molar-refractivity contribution in [1.29, 1.82) is 0 Å². The molecule has 0 atom stereocenters. The number of nitrogens with one attached hydrogen (secondary N) is 2. The Hall–Kier alpha value is -2.10. The second-order valence-corrected chi connectivity index (χ2v) is 6.50. The fraction of sp³-hybridized carbons (Fsp3) is 0.524. The van der Waals surface area contributed by atoms with Crippen molar-refractivity contribution in [2.75, 3.05) is 13.1 Å². The largest absolute Gasteiger partial charge is 0.360 e. The third-order valence-electron chi connectivity index (χ3n) is 4.28. The summed E-state index contributed by atoms with van der Waals surface area (Å²) in [5, 5.41) is 0. The van der Waals surface area contributed by atoms with Crippen LogP contribution < -0.4 is 0 Å². The molecule has 4 nitrogen and oxygen atoms in total. The molecular formula is C21H32N4. The summed E-state index contributed by atoms with van der Waals surface area (Å²) >= 11 is 0. The van der Waals surface area contributed by atoms with Gasteiger partial charge in [-0.15, -0.1) is 0 Å². The second-order valence-electron chi connectivity index (χ2n) is 6.50. The van der Waals surface area contributed by atoms with E-state index in [9.17, 15) is 0 Å². The van der Waals surface area contributed by atoms with Crippen molar-refractivity contribution < 1.29 is 0 Å². The highest BCUT2D eigenvalue weighted by atomic mass is 14.8. The molecule has 2 rings (SSSR count). The van der Waals surface area contributed by atoms with Gasteiger partial charge in [-0.3, -0.25) is 9.98 Å². The van der Waals surface area contributed by atoms with E-state index in [1.807, 2.05) is 49.1 Å². The molecule has 0 aliphatic heterocycles. The molecule has 25 heavy (non-hydrogen) atoms. The van der Waals surface area contributed by atoms with Crippen molar-refractivity contribution in [3.05, 3.63) is 48.0 Å². The van der Waals surface area contributed by atoms with Crippen LogP contribution in [0.1, 0.15) is 69.2 Å². The van der Waals surface area contributed by atoms with Gasteiger partial charge in [0.1, 0.15) is 0 Å². The molecule has 136 valence electrons. The molecule has 0 aliphatic rings. The monoisotopic (exact) mass is 340 g/mol. The van der Waals surface area contributed by atoms with E-state index >= 15 is 0 Å². The fourth-order valence-corrected chi connectivity index (χ4v) is 2.82. The summed E-state index contributed by atoms with van der Waals surface area (Å²) in [6.07, 6.45) is 19.5. The molecule has 2 heterocycles. The Kier molecular flexibility index (Phi) is 10.2. The van der Waals surface area contributed by atoms with Gasteiger partial charge in [-0.1, -0.05) is 44.9 Å². The molecular weight excluding hydrogens is 308 g/mol. The minimum absolute atomic E-state index is 0.946. The van der Waals surface area contributed by atoms with Crippen molar-refractivity contribution in [2.24, 2.45) is 9.98 Å². The number of rotatable bonds is 14. The van der Waals surface area contributed by atoms with Gasteiger partial charge in [0, 0.05) is 37.9 Å². The lowest BCUT2D eigenvalue weighted by molar-refractivity contribution is 0.563. The molecule has 4 heteroatoms. The summed E-state index contributed by atoms with van der Waals surface area (Å²) in [6.45, 7) is 1.89. The first-order chi connectivity index (χ1) is 12.4. The molecule has 0 saturated heterocycles. The first-order valence-corrected chi connectivity index (χ1v) is 9.71. The fourth-order valence-electron chi connectivity index (χ4n) is 2.82. The lowest BCUT2D eigenvalue weighted by Gasteiger charge is -2.01. The average Bonchev–Trinajstić information content (AvgIpc) is 3.32. The molecule has 0 bridgehead atoms. The van der Waals surface area contributed by atoms with Crippen LogP contribution in [0.15, 0.2) is 46.6 Å². The Morgan fingerprint density at radius 3 is 1.36 bits per heavy atom. The van der Waals surface area contributed by atoms with Crippen LogP contribution in [0.4, 0.5) is 0 Å². The number of hydrogen-bond acceptors (Lipinski definition) is 2. The quantitative estimate of drug-likeness (QED) is 0.342. The SMILES string of the molecule is C(=NCCCCCCCCCCCN=Cc1ccc[nH]1)c1ccc[nH]1. The van der Waals surface area contributed by atoms with Gasteiger partial charge in [-0.2, -0.15) is 0 Å². The topological polar surface area (TPSA) is 56.3 Å². The zero-order chi connectivity index (χ0) is 17.4. The minimum Gasteiger partial charge on any atom is -0.360 e. The van der Waals surface area contributed by atoms with Crippen molar-refractivity contribution in [1.82, 2.24) is 9.97 Å². The van der Waals surface area contributed by atoms with E-state index in [0.29, 0.717) is 0 Å². The van der Waals surface area contributed by atoms with Crippen LogP contribution in [0.25, 0.3) is 0 Å².